The number of thioether (sulfide) groups is 1. The lowest BCUT2D eigenvalue weighted by Crippen LogP contribution is -2.17. The number of hydrogen-bond acceptors (Lipinski definition) is 7. The van der Waals surface area contributed by atoms with Crippen LogP contribution in [0.15, 0.2) is 63.1 Å². The number of carbonyl (C=O) groups excluding carboxylic acids is 1. The van der Waals surface area contributed by atoms with Gasteiger partial charge in [-0.2, -0.15) is 5.10 Å². The van der Waals surface area contributed by atoms with Gasteiger partial charge < -0.3 is 14.5 Å². The highest BCUT2D eigenvalue weighted by Crippen LogP contribution is 2.25. The van der Waals surface area contributed by atoms with Gasteiger partial charge >= 0.3 is 0 Å². The van der Waals surface area contributed by atoms with Gasteiger partial charge in [0.2, 0.25) is 11.1 Å². The Morgan fingerprint density at radius 1 is 1.31 bits per heavy atom. The van der Waals surface area contributed by atoms with E-state index in [0.29, 0.717) is 40.2 Å². The molecule has 0 bridgehead atoms. The first-order chi connectivity index (χ1) is 14.2. The van der Waals surface area contributed by atoms with E-state index >= 15 is 0 Å². The number of anilines is 1. The van der Waals surface area contributed by atoms with Crippen molar-refractivity contribution in [3.8, 4) is 17.2 Å². The van der Waals surface area contributed by atoms with Crippen molar-refractivity contribution in [2.24, 2.45) is 0 Å². The van der Waals surface area contributed by atoms with Gasteiger partial charge in [0.15, 0.2) is 5.76 Å². The van der Waals surface area contributed by atoms with Crippen LogP contribution in [0.2, 0.25) is 0 Å². The minimum atomic E-state index is -0.380. The van der Waals surface area contributed by atoms with Gasteiger partial charge in [-0.25, -0.2) is 9.61 Å². The second kappa shape index (κ2) is 8.23. The van der Waals surface area contributed by atoms with E-state index in [1.54, 1.807) is 30.3 Å². The van der Waals surface area contributed by atoms with E-state index < -0.39 is 0 Å². The Kier molecular flexibility index (Phi) is 5.34. The Morgan fingerprint density at radius 3 is 2.97 bits per heavy atom. The van der Waals surface area contributed by atoms with E-state index in [9.17, 15) is 9.59 Å². The van der Waals surface area contributed by atoms with Gasteiger partial charge in [-0.1, -0.05) is 23.9 Å². The predicted molar refractivity (Wildman–Crippen MR) is 108 cm³/mol. The average Bonchev–Trinajstić information content (AvgIpc) is 3.39. The summed E-state index contributed by atoms with van der Waals surface area (Å²) in [6.45, 7) is 2.38. The largest absolute Gasteiger partial charge is 0.492 e. The van der Waals surface area contributed by atoms with Crippen molar-refractivity contribution in [1.29, 1.82) is 0 Å². The van der Waals surface area contributed by atoms with E-state index in [0.717, 1.165) is 11.8 Å². The van der Waals surface area contributed by atoms with E-state index in [-0.39, 0.29) is 17.2 Å². The summed E-state index contributed by atoms with van der Waals surface area (Å²) in [4.78, 5) is 24.5. The number of carbonyl (C=O) groups is 1. The molecule has 4 aromatic rings. The van der Waals surface area contributed by atoms with Crippen molar-refractivity contribution >= 4 is 28.9 Å². The Labute approximate surface area is 169 Å². The first kappa shape index (κ1) is 18.8. The topological polar surface area (TPSA) is 115 Å². The fraction of sp³-hybridized carbons (Fsp3) is 0.158. The van der Waals surface area contributed by atoms with Crippen LogP contribution in [0.4, 0.5) is 5.69 Å². The molecular weight excluding hydrogens is 394 g/mol. The molecule has 0 atom stereocenters. The predicted octanol–water partition coefficient (Wildman–Crippen LogP) is 2.81. The number of amides is 1. The minimum absolute atomic E-state index is 0.0740. The zero-order chi connectivity index (χ0) is 20.2. The number of rotatable bonds is 7. The van der Waals surface area contributed by atoms with Crippen LogP contribution in [0, 0.1) is 0 Å². The van der Waals surface area contributed by atoms with Crippen LogP contribution in [0.5, 0.6) is 5.75 Å². The van der Waals surface area contributed by atoms with Gasteiger partial charge in [0.05, 0.1) is 24.3 Å². The zero-order valence-corrected chi connectivity index (χ0v) is 16.2. The minimum Gasteiger partial charge on any atom is -0.492 e. The molecule has 3 heterocycles. The number of ether oxygens (including phenoxy) is 1. The lowest BCUT2D eigenvalue weighted by molar-refractivity contribution is -0.113. The second-order valence-corrected chi connectivity index (χ2v) is 6.85. The third-order valence-electron chi connectivity index (χ3n) is 3.94. The molecular formula is C19H17N5O4S. The number of nitrogens with one attached hydrogen (secondary N) is 2. The Morgan fingerprint density at radius 2 is 2.17 bits per heavy atom. The lowest BCUT2D eigenvalue weighted by atomic mass is 10.3. The van der Waals surface area contributed by atoms with Crippen molar-refractivity contribution in [3.63, 3.8) is 0 Å². The van der Waals surface area contributed by atoms with E-state index in [1.807, 2.05) is 19.1 Å². The van der Waals surface area contributed by atoms with Crippen molar-refractivity contribution < 1.29 is 13.9 Å². The molecule has 0 fully saturated rings. The highest BCUT2D eigenvalue weighted by atomic mass is 32.2. The Bertz CT molecular complexity index is 1200. The van der Waals surface area contributed by atoms with Gasteiger partial charge in [-0.05, 0) is 31.2 Å². The Balaban J connectivity index is 1.52. The summed E-state index contributed by atoms with van der Waals surface area (Å²) in [7, 11) is 0. The summed E-state index contributed by atoms with van der Waals surface area (Å²) in [5.41, 5.74) is 1.04. The Hall–Kier alpha value is -3.53. The summed E-state index contributed by atoms with van der Waals surface area (Å²) >= 11 is 1.15. The number of nitrogens with zero attached hydrogens (tertiary/aromatic N) is 3. The second-order valence-electron chi connectivity index (χ2n) is 5.91. The first-order valence-electron chi connectivity index (χ1n) is 8.82. The molecule has 0 radical (unpaired) electrons. The summed E-state index contributed by atoms with van der Waals surface area (Å²) < 4.78 is 12.3. The molecule has 10 heteroatoms. The molecule has 3 aromatic heterocycles. The number of benzene rings is 1. The fourth-order valence-electron chi connectivity index (χ4n) is 2.70. The molecule has 0 spiro atoms. The third-order valence-corrected chi connectivity index (χ3v) is 4.87. The van der Waals surface area contributed by atoms with Crippen LogP contribution < -0.4 is 15.6 Å². The molecule has 4 rings (SSSR count). The van der Waals surface area contributed by atoms with E-state index in [4.69, 9.17) is 9.15 Å². The molecule has 0 saturated heterocycles. The molecule has 9 nitrogen and oxygen atoms in total. The third kappa shape index (κ3) is 4.02. The molecule has 0 aliphatic heterocycles. The van der Waals surface area contributed by atoms with Gasteiger partial charge in [0.25, 0.3) is 5.56 Å². The van der Waals surface area contributed by atoms with Gasteiger partial charge in [-0.3, -0.25) is 9.59 Å². The van der Waals surface area contributed by atoms with Gasteiger partial charge in [-0.15, -0.1) is 5.10 Å². The van der Waals surface area contributed by atoms with Crippen molar-refractivity contribution in [3.05, 3.63) is 59.1 Å². The zero-order valence-electron chi connectivity index (χ0n) is 15.4. The van der Waals surface area contributed by atoms with Crippen molar-refractivity contribution in [2.45, 2.75) is 12.1 Å². The molecule has 1 aromatic carbocycles. The number of aromatic amines is 1. The van der Waals surface area contributed by atoms with Crippen LogP contribution in [-0.2, 0) is 4.79 Å². The van der Waals surface area contributed by atoms with Crippen LogP contribution in [0.25, 0.3) is 17.0 Å². The number of para-hydroxylation sites is 2. The fourth-order valence-corrected chi connectivity index (χ4v) is 3.40. The first-order valence-corrected chi connectivity index (χ1v) is 9.81. The van der Waals surface area contributed by atoms with Crippen LogP contribution >= 0.6 is 11.8 Å². The number of furan rings is 1. The smallest absolute Gasteiger partial charge is 0.290 e. The molecule has 148 valence electrons. The standard InChI is InChI=1S/C19H17N5O4S/c1-2-27-15-7-4-3-6-12(15)20-17(25)11-29-19-22-21-18(26)14-10-13(23-24(14)19)16-8-5-9-28-16/h3-10H,2,11H2,1H3,(H,20,25)(H,21,26). The maximum Gasteiger partial charge on any atom is 0.290 e. The quantitative estimate of drug-likeness (QED) is 0.449. The SMILES string of the molecule is CCOc1ccccc1NC(=O)CSc1n[nH]c(=O)c2cc(-c3ccco3)nn12. The number of H-pyrrole nitrogens is 1. The average molecular weight is 411 g/mol. The van der Waals surface area contributed by atoms with Crippen LogP contribution in [0.3, 0.4) is 0 Å². The monoisotopic (exact) mass is 411 g/mol. The molecule has 2 N–H and O–H groups in total. The molecule has 0 unspecified atom stereocenters. The highest BCUT2D eigenvalue weighted by Gasteiger charge is 2.15. The maximum absolute atomic E-state index is 12.4. The highest BCUT2D eigenvalue weighted by molar-refractivity contribution is 7.99. The maximum atomic E-state index is 12.4. The molecule has 0 aliphatic rings. The molecule has 0 aliphatic carbocycles. The number of hydrogen-bond donors (Lipinski definition) is 2. The van der Waals surface area contributed by atoms with Crippen molar-refractivity contribution in [1.82, 2.24) is 19.8 Å². The summed E-state index contributed by atoms with van der Waals surface area (Å²) in [6.07, 6.45) is 1.53. The number of fused-ring (bicyclic) bond motifs is 1. The lowest BCUT2D eigenvalue weighted by Gasteiger charge is -2.11. The summed E-state index contributed by atoms with van der Waals surface area (Å²) in [5, 5.41) is 14.0. The molecule has 1 amide bonds. The van der Waals surface area contributed by atoms with Gasteiger partial charge in [0, 0.05) is 6.07 Å². The molecule has 29 heavy (non-hydrogen) atoms. The van der Waals surface area contributed by atoms with Gasteiger partial charge in [0.1, 0.15) is 17.0 Å². The van der Waals surface area contributed by atoms with Crippen LogP contribution in [0.1, 0.15) is 6.92 Å². The van der Waals surface area contributed by atoms with E-state index in [2.05, 4.69) is 20.6 Å². The number of aromatic nitrogens is 4. The van der Waals surface area contributed by atoms with Crippen molar-refractivity contribution in [2.75, 3.05) is 17.7 Å². The summed E-state index contributed by atoms with van der Waals surface area (Å²) in [5.74, 6) is 0.981. The summed E-state index contributed by atoms with van der Waals surface area (Å²) in [6, 6.07) is 12.3. The molecule has 0 saturated carbocycles. The van der Waals surface area contributed by atoms with Crippen LogP contribution in [-0.4, -0.2) is 38.1 Å². The van der Waals surface area contributed by atoms with E-state index in [1.165, 1.54) is 10.8 Å². The normalized spacial score (nSPS) is 10.9.